The second-order valence-corrected chi connectivity index (χ2v) is 15.7. The topological polar surface area (TPSA) is 197 Å². The summed E-state index contributed by atoms with van der Waals surface area (Å²) in [5, 5.41) is 0. The zero-order valence-electron chi connectivity index (χ0n) is 23.5. The predicted octanol–water partition coefficient (Wildman–Crippen LogP) is 2.17. The lowest BCUT2D eigenvalue weighted by Crippen LogP contribution is -2.32. The number of ether oxygens (including phenoxy) is 1. The molecule has 6 rings (SSSR count). The molecule has 0 saturated carbocycles. The number of Topliss-reactive ketones (excluding diaryl/α,β-unsaturated/α-hetero) is 1. The Kier molecular flexibility index (Phi) is 9.22. The molecule has 6 atom stereocenters. The van der Waals surface area contributed by atoms with Crippen LogP contribution in [0, 0.1) is 13.5 Å². The molecule has 0 aromatic carbocycles. The maximum Gasteiger partial charge on any atom is 0.327 e. The van der Waals surface area contributed by atoms with Gasteiger partial charge in [-0.15, -0.1) is 0 Å². The molecule has 3 aliphatic rings. The SMILES string of the molecule is [C-]#[N+]CCOP1(=S)OCCn2c(nc3cnc(C)nc32)COP(O)(=S)O[C@@H]2[C@H](F)[C@@H](CO1)O[C@H]2n1cnc2c1N=C(N)CC2=O. The zero-order chi connectivity index (χ0) is 31.9. The number of fused-ring (bicyclic) bond motifs is 6. The fourth-order valence-electron chi connectivity index (χ4n) is 4.88. The largest absolute Gasteiger partial charge is 0.387 e. The van der Waals surface area contributed by atoms with Gasteiger partial charge in [-0.1, -0.05) is 0 Å². The Morgan fingerprint density at radius 2 is 2.11 bits per heavy atom. The number of aromatic nitrogens is 6. The third kappa shape index (κ3) is 6.75. The van der Waals surface area contributed by atoms with Crippen LogP contribution in [0.5, 0.6) is 0 Å². The molecule has 0 radical (unpaired) electrons. The van der Waals surface area contributed by atoms with E-state index in [0.29, 0.717) is 22.8 Å². The molecule has 2 bridgehead atoms. The normalized spacial score (nSPS) is 31.0. The second kappa shape index (κ2) is 12.9. The number of ketones is 1. The molecule has 6 heterocycles. The van der Waals surface area contributed by atoms with Gasteiger partial charge >= 0.3 is 13.4 Å². The summed E-state index contributed by atoms with van der Waals surface area (Å²) in [5.74, 6) is 0.451. The summed E-state index contributed by atoms with van der Waals surface area (Å²) in [4.78, 5) is 48.4. The third-order valence-electron chi connectivity index (χ3n) is 6.87. The van der Waals surface area contributed by atoms with E-state index in [9.17, 15) is 9.69 Å². The van der Waals surface area contributed by atoms with Gasteiger partial charge in [0.15, 0.2) is 35.3 Å². The Hall–Kier alpha value is -2.66. The fourth-order valence-corrected chi connectivity index (χ4v) is 7.99. The number of carbonyl (C=O) groups is 1. The molecule has 0 aliphatic carbocycles. The van der Waals surface area contributed by atoms with Crippen molar-refractivity contribution in [3.05, 3.63) is 41.3 Å². The summed E-state index contributed by atoms with van der Waals surface area (Å²) in [5.41, 5.74) is 6.75. The van der Waals surface area contributed by atoms with Gasteiger partial charge in [0.05, 0.1) is 32.2 Å². The minimum absolute atomic E-state index is 0.00612. The van der Waals surface area contributed by atoms with Crippen LogP contribution in [0.3, 0.4) is 0 Å². The van der Waals surface area contributed by atoms with Gasteiger partial charge in [-0.25, -0.2) is 35.9 Å². The summed E-state index contributed by atoms with van der Waals surface area (Å²) in [7, 11) is 0. The Bertz CT molecular complexity index is 1820. The quantitative estimate of drug-likeness (QED) is 0.228. The molecule has 17 nitrogen and oxygen atoms in total. The highest BCUT2D eigenvalue weighted by atomic mass is 32.5. The van der Waals surface area contributed by atoms with E-state index in [2.05, 4.69) is 29.8 Å². The van der Waals surface area contributed by atoms with Crippen LogP contribution < -0.4 is 5.73 Å². The van der Waals surface area contributed by atoms with Crippen molar-refractivity contribution in [2.24, 2.45) is 10.7 Å². The number of nitrogens with two attached hydrogens (primary N) is 1. The number of imidazole rings is 2. The van der Waals surface area contributed by atoms with Crippen LogP contribution in [0.15, 0.2) is 17.5 Å². The summed E-state index contributed by atoms with van der Waals surface area (Å²) < 4.78 is 54.0. The van der Waals surface area contributed by atoms with E-state index >= 15 is 4.39 Å². The van der Waals surface area contributed by atoms with Crippen LogP contribution in [0.1, 0.15) is 34.8 Å². The smallest absolute Gasteiger partial charge is 0.327 e. The van der Waals surface area contributed by atoms with Crippen LogP contribution in [-0.4, -0.2) is 90.3 Å². The first kappa shape index (κ1) is 32.3. The molecular weight excluding hydrogens is 675 g/mol. The minimum Gasteiger partial charge on any atom is -0.387 e. The molecule has 3 aromatic heterocycles. The van der Waals surface area contributed by atoms with Crippen molar-refractivity contribution < 1.29 is 41.4 Å². The molecule has 0 amide bonds. The number of halogens is 1. The van der Waals surface area contributed by atoms with E-state index in [0.717, 1.165) is 0 Å². The number of nitrogens with zero attached hydrogens (tertiary/aromatic N) is 8. The van der Waals surface area contributed by atoms with Crippen LogP contribution in [0.4, 0.5) is 10.2 Å². The van der Waals surface area contributed by atoms with Crippen LogP contribution in [0.25, 0.3) is 16.0 Å². The molecule has 3 aliphatic heterocycles. The average Bonchev–Trinajstić information content (AvgIpc) is 3.64. The van der Waals surface area contributed by atoms with Crippen molar-refractivity contribution in [3.8, 4) is 0 Å². The van der Waals surface area contributed by atoms with Crippen molar-refractivity contribution in [1.29, 1.82) is 0 Å². The number of alkyl halides is 1. The van der Waals surface area contributed by atoms with Crippen LogP contribution >= 0.6 is 13.4 Å². The fraction of sp³-hybridized carbons (Fsp3) is 0.522. The summed E-state index contributed by atoms with van der Waals surface area (Å²) in [6.07, 6.45) is -3.60. The number of hydrogen-bond acceptors (Lipinski definition) is 15. The van der Waals surface area contributed by atoms with E-state index in [1.54, 1.807) is 11.5 Å². The van der Waals surface area contributed by atoms with Gasteiger partial charge in [0.2, 0.25) is 6.54 Å². The number of aryl methyl sites for hydroxylation is 1. The minimum atomic E-state index is -4.18. The lowest BCUT2D eigenvalue weighted by molar-refractivity contribution is -0.0481. The average molecular weight is 702 g/mol. The molecule has 3 aromatic rings. The second-order valence-electron chi connectivity index (χ2n) is 9.95. The lowest BCUT2D eigenvalue weighted by atomic mass is 10.1. The molecule has 240 valence electrons. The number of aliphatic imine (C=N–C) groups is 1. The first-order valence-corrected chi connectivity index (χ1v) is 18.6. The van der Waals surface area contributed by atoms with Crippen molar-refractivity contribution in [2.45, 2.75) is 51.1 Å². The molecule has 1 saturated heterocycles. The van der Waals surface area contributed by atoms with E-state index < -0.39 is 44.7 Å². The maximum atomic E-state index is 16.2. The third-order valence-corrected chi connectivity index (χ3v) is 10.8. The van der Waals surface area contributed by atoms with Crippen molar-refractivity contribution >= 4 is 65.7 Å². The van der Waals surface area contributed by atoms with E-state index in [1.165, 1.54) is 17.1 Å². The Labute approximate surface area is 265 Å². The van der Waals surface area contributed by atoms with Crippen molar-refractivity contribution in [2.75, 3.05) is 26.4 Å². The first-order valence-electron chi connectivity index (χ1n) is 13.4. The Morgan fingerprint density at radius 3 is 2.91 bits per heavy atom. The highest BCUT2D eigenvalue weighted by Gasteiger charge is 2.51. The molecule has 3 N–H and O–H groups in total. The summed E-state index contributed by atoms with van der Waals surface area (Å²) in [6, 6.07) is 0. The predicted molar refractivity (Wildman–Crippen MR) is 161 cm³/mol. The molecule has 0 spiro atoms. The lowest BCUT2D eigenvalue weighted by Gasteiger charge is -2.26. The number of hydrogen-bond donors (Lipinski definition) is 2. The maximum absolute atomic E-state index is 16.2. The Morgan fingerprint density at radius 1 is 1.29 bits per heavy atom. The molecule has 2 unspecified atom stereocenters. The van der Waals surface area contributed by atoms with Crippen molar-refractivity contribution in [1.82, 2.24) is 29.1 Å². The van der Waals surface area contributed by atoms with Crippen molar-refractivity contribution in [3.63, 3.8) is 0 Å². The van der Waals surface area contributed by atoms with Gasteiger partial charge in [0.1, 0.15) is 48.4 Å². The van der Waals surface area contributed by atoms with Gasteiger partial charge in [-0.2, -0.15) is 0 Å². The van der Waals surface area contributed by atoms with E-state index in [1.807, 2.05) is 0 Å². The van der Waals surface area contributed by atoms with Gasteiger partial charge in [0, 0.05) is 6.54 Å². The van der Waals surface area contributed by atoms with Crippen LogP contribution in [0.2, 0.25) is 0 Å². The monoisotopic (exact) mass is 701 g/mol. The zero-order valence-corrected chi connectivity index (χ0v) is 26.9. The molecule has 45 heavy (non-hydrogen) atoms. The number of rotatable bonds is 4. The standard InChI is InChI=1S/C23H26FN9O8P2S2/c1-12-27-8-13-21(29-12)32-4-6-37-43(45,36-5-3-26-2)39-9-15-18(24)20(41-42(35,44)38-10-17(32)30-13)23(40-15)33-11-28-19-14(34)7-16(25)31-22(19)33/h8,11,15,18,20,23H,3-7,9-10H2,1H3,(H2,25,31)(H,35,44)/t15-,18-,20-,23-,42?,43?/m1/s1. The first-order chi connectivity index (χ1) is 21.5. The number of amidine groups is 1. The molecular formula is C23H26FN9O8P2S2. The van der Waals surface area contributed by atoms with E-state index in [4.69, 9.17) is 63.3 Å². The van der Waals surface area contributed by atoms with Gasteiger partial charge in [-0.3, -0.25) is 13.9 Å². The molecule has 1 fully saturated rings. The summed E-state index contributed by atoms with van der Waals surface area (Å²) >= 11 is 10.9. The highest BCUT2D eigenvalue weighted by molar-refractivity contribution is 8.07. The van der Waals surface area contributed by atoms with Gasteiger partial charge < -0.3 is 42.9 Å². The number of carbonyl (C=O) groups excluding carboxylic acids is 1. The van der Waals surface area contributed by atoms with Gasteiger partial charge in [-0.05, 0) is 30.5 Å². The van der Waals surface area contributed by atoms with E-state index in [-0.39, 0.29) is 62.5 Å². The highest BCUT2D eigenvalue weighted by Crippen LogP contribution is 2.54. The summed E-state index contributed by atoms with van der Waals surface area (Å²) in [6.45, 7) is 0.253. The van der Waals surface area contributed by atoms with Crippen LogP contribution in [-0.2, 0) is 64.1 Å². The Balaban J connectivity index is 1.37. The molecule has 22 heteroatoms. The van der Waals surface area contributed by atoms with Gasteiger partial charge in [0.25, 0.3) is 0 Å².